The Hall–Kier alpha value is -0.490. The maximum atomic E-state index is 6.34. The molecule has 0 aliphatic heterocycles. The smallest absolute Gasteiger partial charge is 0.132 e. The second-order valence-corrected chi connectivity index (χ2v) is 7.39. The highest BCUT2D eigenvalue weighted by molar-refractivity contribution is 14.1. The molecule has 21 heavy (non-hydrogen) atoms. The molecule has 0 spiro atoms. The molecule has 0 aliphatic carbocycles. The Morgan fingerprint density at radius 1 is 1.14 bits per heavy atom. The summed E-state index contributed by atoms with van der Waals surface area (Å²) in [4.78, 5) is 4.64. The Bertz CT molecular complexity index is 827. The average molecular weight is 452 g/mol. The molecule has 0 aliphatic rings. The zero-order valence-corrected chi connectivity index (χ0v) is 15.4. The highest BCUT2D eigenvalue weighted by atomic mass is 127. The highest BCUT2D eigenvalue weighted by Crippen LogP contribution is 2.33. The van der Waals surface area contributed by atoms with Crippen LogP contribution in [-0.4, -0.2) is 9.55 Å². The van der Waals surface area contributed by atoms with Gasteiger partial charge in [-0.15, -0.1) is 11.6 Å². The summed E-state index contributed by atoms with van der Waals surface area (Å²) in [5, 5.41) is 0.982. The van der Waals surface area contributed by atoms with Crippen molar-refractivity contribution in [3.05, 3.63) is 55.8 Å². The number of halogens is 4. The van der Waals surface area contributed by atoms with Gasteiger partial charge < -0.3 is 0 Å². The summed E-state index contributed by atoms with van der Waals surface area (Å²) in [5.74, 6) is 0.748. The molecule has 3 aromatic rings. The summed E-state index contributed by atoms with van der Waals surface area (Å²) in [5.41, 5.74) is 2.64. The van der Waals surface area contributed by atoms with Crippen LogP contribution in [0.4, 0.5) is 0 Å². The van der Waals surface area contributed by atoms with Gasteiger partial charge in [-0.2, -0.15) is 0 Å². The zero-order chi connectivity index (χ0) is 15.1. The SMILES string of the molecule is CC(Cl)c1nc2cc(I)ccc2n1-c1cc(Cl)ccc1Cl. The van der Waals surface area contributed by atoms with E-state index in [1.807, 2.05) is 35.8 Å². The van der Waals surface area contributed by atoms with Gasteiger partial charge in [0, 0.05) is 8.59 Å². The van der Waals surface area contributed by atoms with Crippen LogP contribution in [0.1, 0.15) is 18.1 Å². The van der Waals surface area contributed by atoms with Gasteiger partial charge in [0.05, 0.1) is 27.1 Å². The lowest BCUT2D eigenvalue weighted by Gasteiger charge is -2.12. The van der Waals surface area contributed by atoms with Crippen molar-refractivity contribution in [3.63, 3.8) is 0 Å². The molecule has 1 aromatic heterocycles. The number of benzene rings is 2. The number of alkyl halides is 1. The maximum Gasteiger partial charge on any atom is 0.132 e. The molecule has 2 aromatic carbocycles. The first-order chi connectivity index (χ1) is 9.97. The predicted octanol–water partition coefficient (Wildman–Crippen LogP) is 6.24. The van der Waals surface area contributed by atoms with Crippen molar-refractivity contribution in [1.29, 1.82) is 0 Å². The predicted molar refractivity (Wildman–Crippen MR) is 98.1 cm³/mol. The van der Waals surface area contributed by atoms with Crippen molar-refractivity contribution >= 4 is 68.4 Å². The summed E-state index contributed by atoms with van der Waals surface area (Å²) in [6.45, 7) is 1.89. The fourth-order valence-electron chi connectivity index (χ4n) is 2.25. The maximum absolute atomic E-state index is 6.34. The Labute approximate surface area is 151 Å². The molecular weight excluding hydrogens is 441 g/mol. The van der Waals surface area contributed by atoms with Crippen LogP contribution in [0.15, 0.2) is 36.4 Å². The van der Waals surface area contributed by atoms with Crippen LogP contribution in [0.3, 0.4) is 0 Å². The molecule has 6 heteroatoms. The first kappa shape index (κ1) is 15.4. The van der Waals surface area contributed by atoms with Crippen molar-refractivity contribution in [2.24, 2.45) is 0 Å². The van der Waals surface area contributed by atoms with Crippen LogP contribution in [0.25, 0.3) is 16.7 Å². The largest absolute Gasteiger partial charge is 0.293 e. The average Bonchev–Trinajstić information content (AvgIpc) is 2.80. The van der Waals surface area contributed by atoms with E-state index in [0.717, 1.165) is 26.1 Å². The lowest BCUT2D eigenvalue weighted by Crippen LogP contribution is -2.02. The van der Waals surface area contributed by atoms with E-state index in [1.165, 1.54) is 0 Å². The Morgan fingerprint density at radius 2 is 1.90 bits per heavy atom. The number of aromatic nitrogens is 2. The fraction of sp³-hybridized carbons (Fsp3) is 0.133. The zero-order valence-electron chi connectivity index (χ0n) is 10.9. The van der Waals surface area contributed by atoms with Crippen molar-refractivity contribution in [3.8, 4) is 5.69 Å². The number of hydrogen-bond donors (Lipinski definition) is 0. The Kier molecular flexibility index (Phi) is 4.37. The van der Waals surface area contributed by atoms with Crippen LogP contribution in [0.5, 0.6) is 0 Å². The number of hydrogen-bond acceptors (Lipinski definition) is 1. The minimum Gasteiger partial charge on any atom is -0.293 e. The standard InChI is InChI=1S/C15H10Cl3IN2/c1-8(16)15-20-12-7-10(19)3-5-13(12)21(15)14-6-9(17)2-4-11(14)18/h2-8H,1H3. The molecule has 0 saturated carbocycles. The lowest BCUT2D eigenvalue weighted by molar-refractivity contribution is 0.883. The van der Waals surface area contributed by atoms with Gasteiger partial charge in [0.1, 0.15) is 5.82 Å². The molecule has 1 heterocycles. The van der Waals surface area contributed by atoms with Gasteiger partial charge in [-0.1, -0.05) is 23.2 Å². The van der Waals surface area contributed by atoms with Gasteiger partial charge in [-0.25, -0.2) is 4.98 Å². The normalized spacial score (nSPS) is 12.8. The summed E-state index contributed by atoms with van der Waals surface area (Å²) >= 11 is 21.0. The van der Waals surface area contributed by atoms with E-state index in [1.54, 1.807) is 12.1 Å². The monoisotopic (exact) mass is 450 g/mol. The van der Waals surface area contributed by atoms with Crippen molar-refractivity contribution < 1.29 is 0 Å². The Morgan fingerprint density at radius 3 is 2.62 bits per heavy atom. The van der Waals surface area contributed by atoms with Crippen LogP contribution < -0.4 is 0 Å². The molecule has 108 valence electrons. The summed E-state index contributed by atoms with van der Waals surface area (Å²) in [7, 11) is 0. The van der Waals surface area contributed by atoms with Crippen LogP contribution in [-0.2, 0) is 0 Å². The molecular formula is C15H10Cl3IN2. The molecule has 3 rings (SSSR count). The second-order valence-electron chi connectivity index (χ2n) is 4.65. The van der Waals surface area contributed by atoms with Crippen molar-refractivity contribution in [2.45, 2.75) is 12.3 Å². The fourth-order valence-corrected chi connectivity index (χ4v) is 3.24. The topological polar surface area (TPSA) is 17.8 Å². The van der Waals surface area contributed by atoms with Crippen LogP contribution in [0.2, 0.25) is 10.0 Å². The second kappa shape index (κ2) is 5.95. The molecule has 0 N–H and O–H groups in total. The summed E-state index contributed by atoms with van der Waals surface area (Å²) in [6, 6.07) is 11.4. The van der Waals surface area contributed by atoms with Crippen molar-refractivity contribution in [2.75, 3.05) is 0 Å². The van der Waals surface area contributed by atoms with Gasteiger partial charge in [-0.3, -0.25) is 4.57 Å². The summed E-state index contributed by atoms with van der Waals surface area (Å²) < 4.78 is 3.09. The number of imidazole rings is 1. The van der Waals surface area contributed by atoms with E-state index in [-0.39, 0.29) is 5.38 Å². The molecule has 0 saturated heterocycles. The molecule has 0 amide bonds. The van der Waals surface area contributed by atoms with Gasteiger partial charge in [-0.05, 0) is 65.9 Å². The van der Waals surface area contributed by atoms with E-state index >= 15 is 0 Å². The first-order valence-corrected chi connectivity index (χ1v) is 8.52. The van der Waals surface area contributed by atoms with E-state index in [0.29, 0.717) is 10.0 Å². The van der Waals surface area contributed by atoms with Crippen molar-refractivity contribution in [1.82, 2.24) is 9.55 Å². The molecule has 0 radical (unpaired) electrons. The minimum atomic E-state index is -0.245. The molecule has 0 fully saturated rings. The Balaban J connectivity index is 2.39. The number of nitrogens with zero attached hydrogens (tertiary/aromatic N) is 2. The molecule has 0 bridgehead atoms. The molecule has 1 unspecified atom stereocenters. The van der Waals surface area contributed by atoms with Gasteiger partial charge in [0.25, 0.3) is 0 Å². The quantitative estimate of drug-likeness (QED) is 0.333. The third-order valence-electron chi connectivity index (χ3n) is 3.15. The third kappa shape index (κ3) is 2.89. The summed E-state index contributed by atoms with van der Waals surface area (Å²) in [6.07, 6.45) is 0. The minimum absolute atomic E-state index is 0.245. The van der Waals surface area contributed by atoms with Gasteiger partial charge in [0.15, 0.2) is 0 Å². The molecule has 1 atom stereocenters. The number of rotatable bonds is 2. The lowest BCUT2D eigenvalue weighted by atomic mass is 10.2. The highest BCUT2D eigenvalue weighted by Gasteiger charge is 2.18. The van der Waals surface area contributed by atoms with Crippen LogP contribution >= 0.6 is 57.4 Å². The third-order valence-corrected chi connectivity index (χ3v) is 4.57. The van der Waals surface area contributed by atoms with Gasteiger partial charge >= 0.3 is 0 Å². The van der Waals surface area contributed by atoms with E-state index in [2.05, 4.69) is 27.6 Å². The first-order valence-electron chi connectivity index (χ1n) is 6.25. The van der Waals surface area contributed by atoms with E-state index in [9.17, 15) is 0 Å². The van der Waals surface area contributed by atoms with E-state index in [4.69, 9.17) is 34.8 Å². The molecule has 2 nitrogen and oxygen atoms in total. The van der Waals surface area contributed by atoms with E-state index < -0.39 is 0 Å². The van der Waals surface area contributed by atoms with Gasteiger partial charge in [0.2, 0.25) is 0 Å². The van der Waals surface area contributed by atoms with Crippen LogP contribution in [0, 0.1) is 3.57 Å². The number of fused-ring (bicyclic) bond motifs is 1.